The second kappa shape index (κ2) is 7.86. The molecular weight excluding hydrogens is 338 g/mol. The van der Waals surface area contributed by atoms with E-state index in [4.69, 9.17) is 0 Å². The highest BCUT2D eigenvalue weighted by molar-refractivity contribution is 6.05. The van der Waals surface area contributed by atoms with Crippen LogP contribution in [0.25, 0.3) is 11.1 Å². The molecule has 0 aliphatic heterocycles. The van der Waals surface area contributed by atoms with Crippen molar-refractivity contribution in [3.63, 3.8) is 0 Å². The number of amides is 1. The first-order chi connectivity index (χ1) is 13.0. The summed E-state index contributed by atoms with van der Waals surface area (Å²) in [5.74, 6) is 1.05. The summed E-state index contributed by atoms with van der Waals surface area (Å²) in [7, 11) is 7.51. The van der Waals surface area contributed by atoms with E-state index in [1.54, 1.807) is 6.20 Å². The molecule has 2 aromatic carbocycles. The van der Waals surface area contributed by atoms with Crippen LogP contribution in [0.2, 0.25) is 0 Å². The largest absolute Gasteiger partial charge is 0.361 e. The van der Waals surface area contributed by atoms with Crippen LogP contribution in [0.15, 0.2) is 60.8 Å². The molecular formula is C21H23N5O. The van der Waals surface area contributed by atoms with Gasteiger partial charge in [0, 0.05) is 33.8 Å². The highest BCUT2D eigenvalue weighted by Crippen LogP contribution is 2.24. The molecule has 0 fully saturated rings. The highest BCUT2D eigenvalue weighted by atomic mass is 16.1. The van der Waals surface area contributed by atoms with Gasteiger partial charge in [0.05, 0.1) is 6.20 Å². The van der Waals surface area contributed by atoms with Crippen LogP contribution in [-0.4, -0.2) is 44.1 Å². The Morgan fingerprint density at radius 2 is 1.48 bits per heavy atom. The maximum absolute atomic E-state index is 12.7. The summed E-state index contributed by atoms with van der Waals surface area (Å²) in [6.45, 7) is 0. The van der Waals surface area contributed by atoms with E-state index in [0.717, 1.165) is 11.1 Å². The predicted molar refractivity (Wildman–Crippen MR) is 111 cm³/mol. The topological polar surface area (TPSA) is 61.4 Å². The molecule has 6 heteroatoms. The number of aromatic nitrogens is 2. The Hall–Kier alpha value is -3.41. The van der Waals surface area contributed by atoms with Crippen molar-refractivity contribution in [2.75, 3.05) is 43.3 Å². The first kappa shape index (κ1) is 18.4. The number of benzene rings is 2. The second-order valence-corrected chi connectivity index (χ2v) is 6.59. The van der Waals surface area contributed by atoms with E-state index in [9.17, 15) is 4.79 Å². The van der Waals surface area contributed by atoms with E-state index in [0.29, 0.717) is 23.0 Å². The molecule has 0 saturated heterocycles. The molecule has 0 unspecified atom stereocenters. The van der Waals surface area contributed by atoms with Crippen LogP contribution < -0.4 is 15.1 Å². The zero-order valence-electron chi connectivity index (χ0n) is 16.0. The third-order valence-corrected chi connectivity index (χ3v) is 4.08. The van der Waals surface area contributed by atoms with E-state index in [1.807, 2.05) is 92.6 Å². The van der Waals surface area contributed by atoms with Gasteiger partial charge in [0.15, 0.2) is 5.82 Å². The smallest absolute Gasteiger partial charge is 0.255 e. The van der Waals surface area contributed by atoms with Gasteiger partial charge in [-0.1, -0.05) is 42.5 Å². The Morgan fingerprint density at radius 1 is 0.852 bits per heavy atom. The van der Waals surface area contributed by atoms with E-state index in [-0.39, 0.29) is 5.91 Å². The minimum absolute atomic E-state index is 0.195. The fraction of sp³-hybridized carbons (Fsp3) is 0.190. The fourth-order valence-corrected chi connectivity index (χ4v) is 2.65. The number of nitrogens with one attached hydrogen (secondary N) is 1. The SMILES string of the molecule is CN(C)c1ncc(NC(=O)c2ccc(-c3ccccc3)cc2)c(N(C)C)n1. The molecule has 1 amide bonds. The lowest BCUT2D eigenvalue weighted by molar-refractivity contribution is 0.102. The number of hydrogen-bond donors (Lipinski definition) is 1. The summed E-state index contributed by atoms with van der Waals surface area (Å²) < 4.78 is 0. The lowest BCUT2D eigenvalue weighted by atomic mass is 10.0. The molecule has 0 aliphatic rings. The van der Waals surface area contributed by atoms with Crippen molar-refractivity contribution < 1.29 is 4.79 Å². The molecule has 0 radical (unpaired) electrons. The van der Waals surface area contributed by atoms with Gasteiger partial charge in [-0.15, -0.1) is 0 Å². The molecule has 1 N–H and O–H groups in total. The highest BCUT2D eigenvalue weighted by Gasteiger charge is 2.14. The van der Waals surface area contributed by atoms with E-state index >= 15 is 0 Å². The number of hydrogen-bond acceptors (Lipinski definition) is 5. The minimum atomic E-state index is -0.195. The maximum Gasteiger partial charge on any atom is 0.255 e. The van der Waals surface area contributed by atoms with Crippen molar-refractivity contribution in [1.82, 2.24) is 9.97 Å². The third kappa shape index (κ3) is 4.23. The van der Waals surface area contributed by atoms with Gasteiger partial charge in [0.25, 0.3) is 5.91 Å². The molecule has 0 spiro atoms. The van der Waals surface area contributed by atoms with Crippen LogP contribution in [0.4, 0.5) is 17.5 Å². The normalized spacial score (nSPS) is 10.4. The van der Waals surface area contributed by atoms with Gasteiger partial charge < -0.3 is 15.1 Å². The molecule has 3 aromatic rings. The van der Waals surface area contributed by atoms with Crippen LogP contribution in [0.3, 0.4) is 0 Å². The summed E-state index contributed by atoms with van der Waals surface area (Å²) in [5, 5.41) is 2.91. The molecule has 0 atom stereocenters. The van der Waals surface area contributed by atoms with Gasteiger partial charge in [-0.2, -0.15) is 4.98 Å². The standard InChI is InChI=1S/C21H23N5O/c1-25(2)19-18(14-22-21(24-19)26(3)4)23-20(27)17-12-10-16(11-13-17)15-8-6-5-7-9-15/h5-14H,1-4H3,(H,23,27). The first-order valence-corrected chi connectivity index (χ1v) is 8.64. The number of carbonyl (C=O) groups excluding carboxylic acids is 1. The molecule has 0 saturated carbocycles. The van der Waals surface area contributed by atoms with Crippen molar-refractivity contribution in [3.05, 3.63) is 66.4 Å². The number of carbonyl (C=O) groups is 1. The number of anilines is 3. The van der Waals surface area contributed by atoms with Crippen molar-refractivity contribution in [2.24, 2.45) is 0 Å². The fourth-order valence-electron chi connectivity index (χ4n) is 2.65. The average molecular weight is 361 g/mol. The van der Waals surface area contributed by atoms with E-state index in [2.05, 4.69) is 15.3 Å². The van der Waals surface area contributed by atoms with E-state index < -0.39 is 0 Å². The van der Waals surface area contributed by atoms with Crippen molar-refractivity contribution in [1.29, 1.82) is 0 Å². The van der Waals surface area contributed by atoms with Crippen molar-refractivity contribution in [2.45, 2.75) is 0 Å². The Balaban J connectivity index is 1.81. The summed E-state index contributed by atoms with van der Waals surface area (Å²) >= 11 is 0. The Kier molecular flexibility index (Phi) is 5.35. The lowest BCUT2D eigenvalue weighted by Crippen LogP contribution is -2.21. The average Bonchev–Trinajstić information content (AvgIpc) is 2.68. The number of nitrogens with zero attached hydrogens (tertiary/aromatic N) is 4. The third-order valence-electron chi connectivity index (χ3n) is 4.08. The van der Waals surface area contributed by atoms with E-state index in [1.165, 1.54) is 0 Å². The van der Waals surface area contributed by atoms with Gasteiger partial charge >= 0.3 is 0 Å². The predicted octanol–water partition coefficient (Wildman–Crippen LogP) is 3.53. The van der Waals surface area contributed by atoms with Crippen molar-refractivity contribution >= 4 is 23.4 Å². The summed E-state index contributed by atoms with van der Waals surface area (Å²) in [5.41, 5.74) is 3.34. The maximum atomic E-state index is 12.7. The van der Waals surface area contributed by atoms with Gasteiger partial charge in [0.2, 0.25) is 5.95 Å². The lowest BCUT2D eigenvalue weighted by Gasteiger charge is -2.19. The van der Waals surface area contributed by atoms with Gasteiger partial charge in [0.1, 0.15) is 5.69 Å². The molecule has 1 heterocycles. The zero-order valence-corrected chi connectivity index (χ0v) is 16.0. The molecule has 0 aliphatic carbocycles. The monoisotopic (exact) mass is 361 g/mol. The summed E-state index contributed by atoms with van der Waals surface area (Å²) in [6.07, 6.45) is 1.63. The molecule has 3 rings (SSSR count). The molecule has 0 bridgehead atoms. The quantitative estimate of drug-likeness (QED) is 0.753. The second-order valence-electron chi connectivity index (χ2n) is 6.59. The minimum Gasteiger partial charge on any atom is -0.361 e. The Labute approximate surface area is 159 Å². The van der Waals surface area contributed by atoms with Crippen LogP contribution in [0, 0.1) is 0 Å². The van der Waals surface area contributed by atoms with Crippen LogP contribution in [0.1, 0.15) is 10.4 Å². The van der Waals surface area contributed by atoms with Crippen LogP contribution in [0.5, 0.6) is 0 Å². The molecule has 27 heavy (non-hydrogen) atoms. The van der Waals surface area contributed by atoms with Gasteiger partial charge in [-0.3, -0.25) is 4.79 Å². The zero-order chi connectivity index (χ0) is 19.4. The molecule has 138 valence electrons. The Morgan fingerprint density at radius 3 is 2.07 bits per heavy atom. The van der Waals surface area contributed by atoms with Gasteiger partial charge in [-0.25, -0.2) is 4.98 Å². The number of rotatable bonds is 5. The van der Waals surface area contributed by atoms with Crippen LogP contribution in [-0.2, 0) is 0 Å². The summed E-state index contributed by atoms with van der Waals surface area (Å²) in [6, 6.07) is 17.6. The Bertz CT molecular complexity index is 921. The van der Waals surface area contributed by atoms with Crippen molar-refractivity contribution in [3.8, 4) is 11.1 Å². The molecule has 6 nitrogen and oxygen atoms in total. The molecule has 1 aromatic heterocycles. The van der Waals surface area contributed by atoms with Crippen LogP contribution >= 0.6 is 0 Å². The van der Waals surface area contributed by atoms with Gasteiger partial charge in [-0.05, 0) is 23.3 Å². The summed E-state index contributed by atoms with van der Waals surface area (Å²) in [4.78, 5) is 25.1. The first-order valence-electron chi connectivity index (χ1n) is 8.64.